The second-order valence-electron chi connectivity index (χ2n) is 3.27. The Hall–Kier alpha value is -1.64. The fourth-order valence-corrected chi connectivity index (χ4v) is 1.84. The molecule has 1 aromatic rings. The van der Waals surface area contributed by atoms with Gasteiger partial charge in [-0.2, -0.15) is 8.42 Å². The first-order valence-electron chi connectivity index (χ1n) is 4.48. The second-order valence-corrected chi connectivity index (χ2v) is 4.66. The van der Waals surface area contributed by atoms with Crippen LogP contribution in [0, 0.1) is 0 Å². The first-order valence-corrected chi connectivity index (χ1v) is 5.92. The Morgan fingerprint density at radius 2 is 1.94 bits per heavy atom. The van der Waals surface area contributed by atoms with Crippen molar-refractivity contribution in [2.45, 2.75) is 4.90 Å². The normalized spacial score (nSPS) is 11.4. The Bertz CT molecular complexity index is 551. The van der Waals surface area contributed by atoms with Crippen molar-refractivity contribution in [2.75, 3.05) is 13.6 Å². The van der Waals surface area contributed by atoms with Gasteiger partial charge < -0.3 is 15.5 Å². The van der Waals surface area contributed by atoms with Gasteiger partial charge in [-0.25, -0.2) is 0 Å². The lowest BCUT2D eigenvalue weighted by molar-refractivity contribution is 0.0993. The minimum absolute atomic E-state index is 0.0743. The predicted molar refractivity (Wildman–Crippen MR) is 57.8 cm³/mol. The van der Waals surface area contributed by atoms with Crippen LogP contribution in [0.4, 0.5) is 0 Å². The average molecular weight is 261 g/mol. The number of rotatable bonds is 4. The van der Waals surface area contributed by atoms with E-state index >= 15 is 0 Å². The monoisotopic (exact) mass is 261 g/mol. The molecule has 4 N–H and O–H groups in total. The summed E-state index contributed by atoms with van der Waals surface area (Å²) in [6.45, 7) is -0.0743. The van der Waals surface area contributed by atoms with Crippen LogP contribution in [0.3, 0.4) is 0 Å². The molecule has 8 heteroatoms. The van der Waals surface area contributed by atoms with Gasteiger partial charge in [0, 0.05) is 5.56 Å². The standard InChI is InChI=1S/C9H11NO6S/c1-10-4-7(12)5-2-6(11)9(13)8(3-5)17(14,15)16/h2-3,10-11,13H,4H2,1H3,(H,14,15,16). The SMILES string of the molecule is CNCC(=O)c1cc(O)c(O)c(S(=O)(=O)O)c1. The van der Waals surface area contributed by atoms with Crippen molar-refractivity contribution < 1.29 is 28.0 Å². The van der Waals surface area contributed by atoms with E-state index in [2.05, 4.69) is 5.32 Å². The fraction of sp³-hybridized carbons (Fsp3) is 0.222. The van der Waals surface area contributed by atoms with E-state index in [9.17, 15) is 23.4 Å². The Balaban J connectivity index is 3.39. The number of Topliss-reactive ketones (excluding diaryl/α,β-unsaturated/α-hetero) is 1. The first-order chi connectivity index (χ1) is 7.77. The number of likely N-dealkylation sites (N-methyl/N-ethyl adjacent to an activating group) is 1. The van der Waals surface area contributed by atoms with E-state index in [-0.39, 0.29) is 12.1 Å². The molecular formula is C9H11NO6S. The summed E-state index contributed by atoms with van der Waals surface area (Å²) in [6.07, 6.45) is 0. The summed E-state index contributed by atoms with van der Waals surface area (Å²) in [5, 5.41) is 21.1. The van der Waals surface area contributed by atoms with Crippen LogP contribution in [0.2, 0.25) is 0 Å². The van der Waals surface area contributed by atoms with E-state index in [1.165, 1.54) is 7.05 Å². The van der Waals surface area contributed by atoms with E-state index in [0.29, 0.717) is 0 Å². The van der Waals surface area contributed by atoms with Gasteiger partial charge in [-0.15, -0.1) is 0 Å². The topological polar surface area (TPSA) is 124 Å². The average Bonchev–Trinajstić information content (AvgIpc) is 2.20. The highest BCUT2D eigenvalue weighted by Crippen LogP contribution is 2.33. The molecule has 0 unspecified atom stereocenters. The minimum Gasteiger partial charge on any atom is -0.504 e. The van der Waals surface area contributed by atoms with Crippen molar-refractivity contribution in [3.63, 3.8) is 0 Å². The minimum atomic E-state index is -4.71. The second kappa shape index (κ2) is 4.70. The summed E-state index contributed by atoms with van der Waals surface area (Å²) < 4.78 is 30.6. The molecule has 0 aliphatic heterocycles. The van der Waals surface area contributed by atoms with Gasteiger partial charge in [0.05, 0.1) is 6.54 Å². The van der Waals surface area contributed by atoms with Crippen molar-refractivity contribution in [1.29, 1.82) is 0 Å². The van der Waals surface area contributed by atoms with Crippen LogP contribution >= 0.6 is 0 Å². The molecule has 1 aromatic carbocycles. The molecule has 0 bridgehead atoms. The molecule has 0 aliphatic carbocycles. The van der Waals surface area contributed by atoms with E-state index in [4.69, 9.17) is 4.55 Å². The number of nitrogens with one attached hydrogen (secondary N) is 1. The smallest absolute Gasteiger partial charge is 0.298 e. The third-order valence-electron chi connectivity index (χ3n) is 1.99. The van der Waals surface area contributed by atoms with Crippen molar-refractivity contribution in [2.24, 2.45) is 0 Å². The molecule has 0 amide bonds. The Morgan fingerprint density at radius 1 is 1.35 bits per heavy atom. The molecule has 94 valence electrons. The van der Waals surface area contributed by atoms with Crippen LogP contribution in [0.15, 0.2) is 17.0 Å². The van der Waals surface area contributed by atoms with Gasteiger partial charge in [0.15, 0.2) is 17.3 Å². The Kier molecular flexibility index (Phi) is 3.71. The third-order valence-corrected chi connectivity index (χ3v) is 2.86. The molecule has 0 spiro atoms. The van der Waals surface area contributed by atoms with Crippen molar-refractivity contribution >= 4 is 15.9 Å². The van der Waals surface area contributed by atoms with Crippen LogP contribution in [-0.4, -0.2) is 42.6 Å². The summed E-state index contributed by atoms with van der Waals surface area (Å²) in [6, 6.07) is 1.72. The van der Waals surface area contributed by atoms with Crippen molar-refractivity contribution in [3.05, 3.63) is 17.7 Å². The summed E-state index contributed by atoms with van der Waals surface area (Å²) >= 11 is 0. The molecule has 0 fully saturated rings. The summed E-state index contributed by atoms with van der Waals surface area (Å²) in [7, 11) is -3.19. The van der Waals surface area contributed by atoms with Gasteiger partial charge in [-0.3, -0.25) is 9.35 Å². The molecule has 0 aliphatic rings. The van der Waals surface area contributed by atoms with Gasteiger partial charge in [-0.05, 0) is 19.2 Å². The highest BCUT2D eigenvalue weighted by atomic mass is 32.2. The zero-order valence-electron chi connectivity index (χ0n) is 8.84. The summed E-state index contributed by atoms with van der Waals surface area (Å²) in [5.41, 5.74) is -0.137. The maximum atomic E-state index is 11.5. The molecule has 1 rings (SSSR count). The number of phenols is 2. The van der Waals surface area contributed by atoms with Crippen LogP contribution in [-0.2, 0) is 10.1 Å². The number of carbonyl (C=O) groups excluding carboxylic acids is 1. The molecule has 0 saturated heterocycles. The zero-order valence-corrected chi connectivity index (χ0v) is 9.65. The van der Waals surface area contributed by atoms with E-state index in [0.717, 1.165) is 12.1 Å². The Morgan fingerprint density at radius 3 is 2.41 bits per heavy atom. The molecular weight excluding hydrogens is 250 g/mol. The summed E-state index contributed by atoms with van der Waals surface area (Å²) in [4.78, 5) is 10.6. The van der Waals surface area contributed by atoms with Gasteiger partial charge in [0.2, 0.25) is 0 Å². The quantitative estimate of drug-likeness (QED) is 0.334. The highest BCUT2D eigenvalue weighted by Gasteiger charge is 2.21. The first kappa shape index (κ1) is 13.4. The van der Waals surface area contributed by atoms with Crippen LogP contribution < -0.4 is 5.32 Å². The van der Waals surface area contributed by atoms with Crippen LogP contribution in [0.1, 0.15) is 10.4 Å². The number of hydrogen-bond acceptors (Lipinski definition) is 6. The van der Waals surface area contributed by atoms with Gasteiger partial charge in [0.1, 0.15) is 4.90 Å². The lowest BCUT2D eigenvalue weighted by atomic mass is 10.1. The molecule has 0 aromatic heterocycles. The van der Waals surface area contributed by atoms with Gasteiger partial charge >= 0.3 is 0 Å². The molecule has 0 heterocycles. The Labute approximate surface area is 97.5 Å². The van der Waals surface area contributed by atoms with E-state index in [1.54, 1.807) is 0 Å². The number of hydrogen-bond donors (Lipinski definition) is 4. The maximum Gasteiger partial charge on any atom is 0.298 e. The van der Waals surface area contributed by atoms with Crippen LogP contribution in [0.5, 0.6) is 11.5 Å². The zero-order chi connectivity index (χ0) is 13.2. The number of aromatic hydroxyl groups is 2. The molecule has 17 heavy (non-hydrogen) atoms. The highest BCUT2D eigenvalue weighted by molar-refractivity contribution is 7.86. The van der Waals surface area contributed by atoms with Crippen LogP contribution in [0.25, 0.3) is 0 Å². The van der Waals surface area contributed by atoms with E-state index < -0.39 is 32.3 Å². The lowest BCUT2D eigenvalue weighted by Gasteiger charge is -2.07. The van der Waals surface area contributed by atoms with Gasteiger partial charge in [0.25, 0.3) is 10.1 Å². The molecule has 0 saturated carbocycles. The number of phenolic OH excluding ortho intramolecular Hbond substituents is 2. The number of benzene rings is 1. The maximum absolute atomic E-state index is 11.5. The predicted octanol–water partition coefficient (Wildman–Crippen LogP) is -0.253. The van der Waals surface area contributed by atoms with Crippen molar-refractivity contribution in [3.8, 4) is 11.5 Å². The number of ketones is 1. The van der Waals surface area contributed by atoms with Crippen molar-refractivity contribution in [1.82, 2.24) is 5.32 Å². The third kappa shape index (κ3) is 2.93. The molecule has 7 nitrogen and oxygen atoms in total. The molecule has 0 atom stereocenters. The summed E-state index contributed by atoms with van der Waals surface area (Å²) in [5.74, 6) is -2.28. The van der Waals surface area contributed by atoms with Gasteiger partial charge in [-0.1, -0.05) is 0 Å². The number of carbonyl (C=O) groups is 1. The largest absolute Gasteiger partial charge is 0.504 e. The fourth-order valence-electron chi connectivity index (χ4n) is 1.21. The molecule has 0 radical (unpaired) electrons. The lowest BCUT2D eigenvalue weighted by Crippen LogP contribution is -2.18. The van der Waals surface area contributed by atoms with E-state index in [1.807, 2.05) is 0 Å².